The Morgan fingerprint density at radius 3 is 2.86 bits per heavy atom. The predicted octanol–water partition coefficient (Wildman–Crippen LogP) is 4.01. The lowest BCUT2D eigenvalue weighted by Gasteiger charge is -2.06. The van der Waals surface area contributed by atoms with Gasteiger partial charge in [-0.2, -0.15) is 0 Å². The van der Waals surface area contributed by atoms with Crippen LogP contribution in [0.1, 0.15) is 31.2 Å². The summed E-state index contributed by atoms with van der Waals surface area (Å²) in [6, 6.07) is 8.33. The molecule has 2 heteroatoms. The van der Waals surface area contributed by atoms with Crippen molar-refractivity contribution in [3.63, 3.8) is 0 Å². The van der Waals surface area contributed by atoms with Gasteiger partial charge < -0.3 is 0 Å². The summed E-state index contributed by atoms with van der Waals surface area (Å²) in [7, 11) is 0. The molecule has 1 radical (unpaired) electrons. The molecule has 73 valence electrons. The van der Waals surface area contributed by atoms with Crippen molar-refractivity contribution in [3.8, 4) is 0 Å². The van der Waals surface area contributed by atoms with E-state index < -0.39 is 0 Å². The van der Waals surface area contributed by atoms with E-state index >= 15 is 0 Å². The quantitative estimate of drug-likeness (QED) is 0.736. The van der Waals surface area contributed by atoms with Crippen molar-refractivity contribution in [1.82, 2.24) is 4.98 Å². The lowest BCUT2D eigenvalue weighted by Crippen LogP contribution is -1.94. The molecule has 1 nitrogen and oxygen atoms in total. The average Bonchev–Trinajstić information content (AvgIpc) is 2.63. The third-order valence-electron chi connectivity index (χ3n) is 2.47. The second-order valence-electron chi connectivity index (χ2n) is 3.37. The molecule has 0 amide bonds. The normalized spacial score (nSPS) is 11.4. The van der Waals surface area contributed by atoms with Crippen LogP contribution >= 0.6 is 11.3 Å². The van der Waals surface area contributed by atoms with Gasteiger partial charge in [0.05, 0.1) is 15.2 Å². The first-order chi connectivity index (χ1) is 6.85. The van der Waals surface area contributed by atoms with Crippen LogP contribution in [0, 0.1) is 6.42 Å². The van der Waals surface area contributed by atoms with Crippen molar-refractivity contribution >= 4 is 21.6 Å². The number of hydrogen-bond donors (Lipinski definition) is 0. The Balaban J connectivity index is 2.43. The highest BCUT2D eigenvalue weighted by molar-refractivity contribution is 7.18. The fourth-order valence-electron chi connectivity index (χ4n) is 1.60. The largest absolute Gasteiger partial charge is 0.241 e. The first-order valence-corrected chi connectivity index (χ1v) is 5.81. The third kappa shape index (κ3) is 1.67. The first kappa shape index (κ1) is 9.66. The second-order valence-corrected chi connectivity index (χ2v) is 4.43. The van der Waals surface area contributed by atoms with Crippen molar-refractivity contribution < 1.29 is 0 Å². The summed E-state index contributed by atoms with van der Waals surface area (Å²) in [6.07, 6.45) is 3.37. The lowest BCUT2D eigenvalue weighted by atomic mass is 10.1. The average molecular weight is 204 g/mol. The van der Waals surface area contributed by atoms with E-state index in [0.717, 1.165) is 11.9 Å². The van der Waals surface area contributed by atoms with Gasteiger partial charge in [0, 0.05) is 5.92 Å². The SMILES string of the molecule is C[CH]C(CC)c1nc2ccccc2s1. The van der Waals surface area contributed by atoms with Gasteiger partial charge in [-0.25, -0.2) is 4.98 Å². The summed E-state index contributed by atoms with van der Waals surface area (Å²) in [6.45, 7) is 4.32. The smallest absolute Gasteiger partial charge is 0.0972 e. The number of nitrogens with zero attached hydrogens (tertiary/aromatic N) is 1. The molecule has 0 aliphatic rings. The summed E-state index contributed by atoms with van der Waals surface area (Å²) >= 11 is 1.81. The number of fused-ring (bicyclic) bond motifs is 1. The van der Waals surface area contributed by atoms with Crippen LogP contribution in [0.25, 0.3) is 10.2 Å². The predicted molar refractivity (Wildman–Crippen MR) is 62.6 cm³/mol. The Morgan fingerprint density at radius 2 is 2.21 bits per heavy atom. The monoisotopic (exact) mass is 204 g/mol. The Kier molecular flexibility index (Phi) is 2.82. The van der Waals surface area contributed by atoms with Gasteiger partial charge in [-0.3, -0.25) is 0 Å². The van der Waals surface area contributed by atoms with Crippen molar-refractivity contribution in [2.75, 3.05) is 0 Å². The van der Waals surface area contributed by atoms with Crippen LogP contribution in [0.15, 0.2) is 24.3 Å². The fraction of sp³-hybridized carbons (Fsp3) is 0.333. The summed E-state index contributed by atoms with van der Waals surface area (Å²) in [4.78, 5) is 4.64. The molecule has 0 spiro atoms. The van der Waals surface area contributed by atoms with Gasteiger partial charge in [0.1, 0.15) is 0 Å². The molecule has 0 saturated carbocycles. The van der Waals surface area contributed by atoms with E-state index in [1.807, 2.05) is 17.4 Å². The van der Waals surface area contributed by atoms with Gasteiger partial charge in [-0.15, -0.1) is 11.3 Å². The van der Waals surface area contributed by atoms with Crippen LogP contribution in [0.2, 0.25) is 0 Å². The summed E-state index contributed by atoms with van der Waals surface area (Å²) in [5, 5.41) is 1.25. The molecule has 0 bridgehead atoms. The van der Waals surface area contributed by atoms with E-state index in [9.17, 15) is 0 Å². The Bertz CT molecular complexity index is 382. The van der Waals surface area contributed by atoms with Gasteiger partial charge in [-0.05, 0) is 25.0 Å². The highest BCUT2D eigenvalue weighted by atomic mass is 32.1. The molecule has 2 aromatic rings. The number of benzene rings is 1. The topological polar surface area (TPSA) is 12.9 Å². The van der Waals surface area contributed by atoms with Crippen LogP contribution < -0.4 is 0 Å². The van der Waals surface area contributed by atoms with Crippen molar-refractivity contribution in [3.05, 3.63) is 35.7 Å². The van der Waals surface area contributed by atoms with E-state index in [4.69, 9.17) is 0 Å². The zero-order valence-corrected chi connectivity index (χ0v) is 9.34. The first-order valence-electron chi connectivity index (χ1n) is 5.00. The minimum atomic E-state index is 0.521. The molecule has 1 aromatic carbocycles. The zero-order chi connectivity index (χ0) is 9.97. The van der Waals surface area contributed by atoms with Crippen LogP contribution in [0.3, 0.4) is 0 Å². The molecule has 0 saturated heterocycles. The molecule has 0 N–H and O–H groups in total. The molecule has 2 rings (SSSR count). The van der Waals surface area contributed by atoms with E-state index in [0.29, 0.717) is 5.92 Å². The Morgan fingerprint density at radius 1 is 1.43 bits per heavy atom. The Hall–Kier alpha value is -0.890. The molecule has 1 unspecified atom stereocenters. The van der Waals surface area contributed by atoms with E-state index in [1.54, 1.807) is 0 Å². The van der Waals surface area contributed by atoms with Gasteiger partial charge in [0.15, 0.2) is 0 Å². The van der Waals surface area contributed by atoms with Crippen molar-refractivity contribution in [2.45, 2.75) is 26.2 Å². The van der Waals surface area contributed by atoms with Gasteiger partial charge in [-0.1, -0.05) is 26.0 Å². The maximum Gasteiger partial charge on any atom is 0.0972 e. The molecular weight excluding hydrogens is 190 g/mol. The van der Waals surface area contributed by atoms with E-state index in [1.165, 1.54) is 9.71 Å². The molecule has 14 heavy (non-hydrogen) atoms. The molecule has 1 atom stereocenters. The van der Waals surface area contributed by atoms with Crippen molar-refractivity contribution in [2.24, 2.45) is 0 Å². The number of para-hydroxylation sites is 1. The molecule has 1 heterocycles. The number of hydrogen-bond acceptors (Lipinski definition) is 2. The van der Waals surface area contributed by atoms with Crippen LogP contribution in [0.5, 0.6) is 0 Å². The fourth-order valence-corrected chi connectivity index (χ4v) is 2.79. The standard InChI is InChI=1S/C12H14NS/c1-3-9(4-2)12-13-10-7-5-6-8-11(10)14-12/h3,5-9H,4H2,1-2H3. The molecule has 1 aromatic heterocycles. The molecule has 0 aliphatic heterocycles. The number of aromatic nitrogens is 1. The highest BCUT2D eigenvalue weighted by Gasteiger charge is 2.11. The van der Waals surface area contributed by atoms with Gasteiger partial charge >= 0.3 is 0 Å². The lowest BCUT2D eigenvalue weighted by molar-refractivity contribution is 0.748. The molecule has 0 aliphatic carbocycles. The zero-order valence-electron chi connectivity index (χ0n) is 8.53. The maximum absolute atomic E-state index is 4.64. The molecular formula is C12H14NS. The molecule has 0 fully saturated rings. The third-order valence-corrected chi connectivity index (χ3v) is 3.64. The summed E-state index contributed by atoms with van der Waals surface area (Å²) in [5.41, 5.74) is 1.13. The highest BCUT2D eigenvalue weighted by Crippen LogP contribution is 2.30. The van der Waals surface area contributed by atoms with Crippen LogP contribution in [-0.2, 0) is 0 Å². The van der Waals surface area contributed by atoms with Gasteiger partial charge in [0.25, 0.3) is 0 Å². The van der Waals surface area contributed by atoms with Crippen molar-refractivity contribution in [1.29, 1.82) is 0 Å². The van der Waals surface area contributed by atoms with Crippen LogP contribution in [0.4, 0.5) is 0 Å². The minimum Gasteiger partial charge on any atom is -0.241 e. The minimum absolute atomic E-state index is 0.521. The summed E-state index contributed by atoms with van der Waals surface area (Å²) < 4.78 is 1.29. The second kappa shape index (κ2) is 4.09. The Labute approximate surface area is 88.8 Å². The van der Waals surface area contributed by atoms with Gasteiger partial charge in [0.2, 0.25) is 0 Å². The van der Waals surface area contributed by atoms with E-state index in [-0.39, 0.29) is 0 Å². The van der Waals surface area contributed by atoms with Crippen LogP contribution in [-0.4, -0.2) is 4.98 Å². The summed E-state index contributed by atoms with van der Waals surface area (Å²) in [5.74, 6) is 0.521. The number of thiazole rings is 1. The number of rotatable bonds is 3. The van der Waals surface area contributed by atoms with E-state index in [2.05, 4.69) is 43.5 Å². The maximum atomic E-state index is 4.64.